The summed E-state index contributed by atoms with van der Waals surface area (Å²) in [4.78, 5) is 12.3. The average molecular weight is 380 g/mol. The van der Waals surface area contributed by atoms with E-state index in [1.165, 1.54) is 0 Å². The number of benzene rings is 2. The van der Waals surface area contributed by atoms with Crippen LogP contribution in [0.2, 0.25) is 0 Å². The first-order valence-electron chi connectivity index (χ1n) is 8.13. The number of amides is 1. The number of nitrogens with one attached hydrogen (secondary N) is 2. The van der Waals surface area contributed by atoms with Gasteiger partial charge in [-0.1, -0.05) is 30.3 Å². The van der Waals surface area contributed by atoms with Crippen LogP contribution < -0.4 is 10.0 Å². The monoisotopic (exact) mass is 380 g/mol. The van der Waals surface area contributed by atoms with E-state index in [2.05, 4.69) is 10.0 Å². The van der Waals surface area contributed by atoms with Crippen molar-refractivity contribution >= 4 is 15.9 Å². The predicted molar refractivity (Wildman–Crippen MR) is 95.4 cm³/mol. The lowest BCUT2D eigenvalue weighted by atomic mass is 10.1. The largest absolute Gasteiger partial charge is 0.396 e. The van der Waals surface area contributed by atoms with Crippen molar-refractivity contribution in [3.05, 3.63) is 66.0 Å². The molecular weight excluding hydrogens is 359 g/mol. The number of aliphatic hydroxyl groups is 1. The fourth-order valence-electron chi connectivity index (χ4n) is 2.32. The van der Waals surface area contributed by atoms with Crippen molar-refractivity contribution in [2.24, 2.45) is 0 Å². The van der Waals surface area contributed by atoms with E-state index in [1.807, 2.05) is 6.07 Å². The smallest absolute Gasteiger partial charge is 0.241 e. The molecule has 2 aromatic carbocycles. The first kappa shape index (κ1) is 20.0. The van der Waals surface area contributed by atoms with E-state index in [9.17, 15) is 17.6 Å². The highest BCUT2D eigenvalue weighted by atomic mass is 32.2. The summed E-state index contributed by atoms with van der Waals surface area (Å²) < 4.78 is 40.5. The second kappa shape index (κ2) is 9.42. The topological polar surface area (TPSA) is 95.5 Å². The Kier molecular flexibility index (Phi) is 7.26. The zero-order chi connectivity index (χ0) is 19.0. The van der Waals surface area contributed by atoms with E-state index >= 15 is 0 Å². The van der Waals surface area contributed by atoms with E-state index in [1.54, 1.807) is 24.3 Å². The molecule has 0 radical (unpaired) electrons. The van der Waals surface area contributed by atoms with Gasteiger partial charge in [0.25, 0.3) is 0 Å². The van der Waals surface area contributed by atoms with Gasteiger partial charge in [0.15, 0.2) is 0 Å². The number of rotatable bonds is 9. The summed E-state index contributed by atoms with van der Waals surface area (Å²) >= 11 is 0. The minimum atomic E-state index is -4.00. The highest BCUT2D eigenvalue weighted by Gasteiger charge is 2.26. The quantitative estimate of drug-likeness (QED) is 0.570. The molecule has 0 aliphatic carbocycles. The van der Waals surface area contributed by atoms with E-state index in [4.69, 9.17) is 5.11 Å². The van der Waals surface area contributed by atoms with Crippen LogP contribution in [0.5, 0.6) is 0 Å². The lowest BCUT2D eigenvalue weighted by Gasteiger charge is -2.19. The van der Waals surface area contributed by atoms with Gasteiger partial charge in [0.2, 0.25) is 15.9 Å². The van der Waals surface area contributed by atoms with Crippen LogP contribution in [0.15, 0.2) is 59.5 Å². The fraction of sp³-hybridized carbons (Fsp3) is 0.278. The third-order valence-corrected chi connectivity index (χ3v) is 5.14. The highest BCUT2D eigenvalue weighted by Crippen LogP contribution is 2.12. The van der Waals surface area contributed by atoms with Gasteiger partial charge < -0.3 is 10.4 Å². The average Bonchev–Trinajstić information content (AvgIpc) is 2.62. The maximum absolute atomic E-state index is 13.0. The molecule has 0 unspecified atom stereocenters. The predicted octanol–water partition coefficient (Wildman–Crippen LogP) is 1.21. The Labute approximate surface area is 152 Å². The highest BCUT2D eigenvalue weighted by molar-refractivity contribution is 7.89. The molecule has 140 valence electrons. The van der Waals surface area contributed by atoms with Crippen molar-refractivity contribution in [2.45, 2.75) is 23.8 Å². The Morgan fingerprint density at radius 3 is 2.35 bits per heavy atom. The maximum atomic E-state index is 13.0. The van der Waals surface area contributed by atoms with Crippen molar-refractivity contribution in [3.8, 4) is 0 Å². The van der Waals surface area contributed by atoms with Crippen LogP contribution in [0.4, 0.5) is 4.39 Å². The Morgan fingerprint density at radius 2 is 1.73 bits per heavy atom. The van der Waals surface area contributed by atoms with Gasteiger partial charge in [-0.25, -0.2) is 12.8 Å². The van der Waals surface area contributed by atoms with Gasteiger partial charge in [0.05, 0.1) is 4.90 Å². The second-order valence-electron chi connectivity index (χ2n) is 5.69. The summed E-state index contributed by atoms with van der Waals surface area (Å²) in [6, 6.07) is 12.3. The third kappa shape index (κ3) is 5.91. The Bertz CT molecular complexity index is 811. The Morgan fingerprint density at radius 1 is 1.08 bits per heavy atom. The molecule has 2 rings (SSSR count). The Balaban J connectivity index is 2.19. The molecule has 0 fully saturated rings. The van der Waals surface area contributed by atoms with Gasteiger partial charge >= 0.3 is 0 Å². The van der Waals surface area contributed by atoms with Crippen LogP contribution in [0.3, 0.4) is 0 Å². The van der Waals surface area contributed by atoms with Gasteiger partial charge in [-0.15, -0.1) is 0 Å². The van der Waals surface area contributed by atoms with Crippen molar-refractivity contribution in [2.75, 3.05) is 13.2 Å². The summed E-state index contributed by atoms with van der Waals surface area (Å²) in [5.41, 5.74) is 0.789. The minimum Gasteiger partial charge on any atom is -0.396 e. The number of halogens is 1. The molecule has 0 saturated carbocycles. The summed E-state index contributed by atoms with van der Waals surface area (Å²) in [5.74, 6) is -1.04. The molecule has 0 heterocycles. The number of carbonyl (C=O) groups is 1. The molecule has 1 atom stereocenters. The number of aliphatic hydroxyl groups excluding tert-OH is 1. The second-order valence-corrected chi connectivity index (χ2v) is 7.40. The van der Waals surface area contributed by atoms with Crippen LogP contribution in [0, 0.1) is 5.82 Å². The van der Waals surface area contributed by atoms with Gasteiger partial charge in [-0.3, -0.25) is 4.79 Å². The van der Waals surface area contributed by atoms with Crippen LogP contribution in [0.1, 0.15) is 12.0 Å². The van der Waals surface area contributed by atoms with Crippen LogP contribution in [-0.2, 0) is 21.2 Å². The molecule has 0 aliphatic heterocycles. The maximum Gasteiger partial charge on any atom is 0.241 e. The number of hydrogen-bond donors (Lipinski definition) is 3. The van der Waals surface area contributed by atoms with E-state index in [-0.39, 0.29) is 24.5 Å². The van der Waals surface area contributed by atoms with Gasteiger partial charge in [-0.2, -0.15) is 4.72 Å². The molecule has 0 saturated heterocycles. The summed E-state index contributed by atoms with van der Waals surface area (Å²) in [6.07, 6.45) is 0.529. The standard InChI is InChI=1S/C18H21FN2O4S/c19-15-7-9-16(10-8-15)26(24,25)21-17(18(23)20-11-4-12-22)13-14-5-2-1-3-6-14/h1-3,5-10,17,21-22H,4,11-13H2,(H,20,23)/t17-/m1/s1. The molecule has 2 aromatic rings. The van der Waals surface area contributed by atoms with Crippen LogP contribution in [0.25, 0.3) is 0 Å². The summed E-state index contributed by atoms with van der Waals surface area (Å²) in [7, 11) is -4.00. The molecule has 0 bridgehead atoms. The molecule has 26 heavy (non-hydrogen) atoms. The normalized spacial score (nSPS) is 12.5. The fourth-order valence-corrected chi connectivity index (χ4v) is 3.52. The van der Waals surface area contributed by atoms with E-state index in [0.717, 1.165) is 29.8 Å². The zero-order valence-electron chi connectivity index (χ0n) is 14.1. The van der Waals surface area contributed by atoms with E-state index in [0.29, 0.717) is 6.42 Å². The van der Waals surface area contributed by atoms with Crippen molar-refractivity contribution in [1.29, 1.82) is 0 Å². The Hall–Kier alpha value is -2.29. The summed E-state index contributed by atoms with van der Waals surface area (Å²) in [6.45, 7) is 0.157. The molecule has 0 aromatic heterocycles. The summed E-state index contributed by atoms with van der Waals surface area (Å²) in [5, 5.41) is 11.4. The van der Waals surface area contributed by atoms with Crippen molar-refractivity contribution < 1.29 is 22.7 Å². The van der Waals surface area contributed by atoms with Crippen molar-refractivity contribution in [3.63, 3.8) is 0 Å². The first-order valence-corrected chi connectivity index (χ1v) is 9.61. The molecule has 0 aliphatic rings. The van der Waals surface area contributed by atoms with Crippen LogP contribution >= 0.6 is 0 Å². The number of carbonyl (C=O) groups excluding carboxylic acids is 1. The van der Waals surface area contributed by atoms with E-state index < -0.39 is 27.8 Å². The zero-order valence-corrected chi connectivity index (χ0v) is 14.9. The van der Waals surface area contributed by atoms with Crippen LogP contribution in [-0.4, -0.2) is 38.6 Å². The molecular formula is C18H21FN2O4S. The molecule has 6 nitrogen and oxygen atoms in total. The SMILES string of the molecule is O=C(NCCCO)[C@@H](Cc1ccccc1)NS(=O)(=O)c1ccc(F)cc1. The third-order valence-electron chi connectivity index (χ3n) is 3.65. The first-order chi connectivity index (χ1) is 12.4. The minimum absolute atomic E-state index is 0.0784. The molecule has 8 heteroatoms. The lowest BCUT2D eigenvalue weighted by molar-refractivity contribution is -0.122. The van der Waals surface area contributed by atoms with Crippen molar-refractivity contribution in [1.82, 2.24) is 10.0 Å². The molecule has 0 spiro atoms. The molecule has 3 N–H and O–H groups in total. The van der Waals surface area contributed by atoms with Gasteiger partial charge in [-0.05, 0) is 42.7 Å². The lowest BCUT2D eigenvalue weighted by Crippen LogP contribution is -2.48. The molecule has 1 amide bonds. The van der Waals surface area contributed by atoms with Gasteiger partial charge in [0, 0.05) is 13.2 Å². The number of sulfonamides is 1. The number of hydrogen-bond acceptors (Lipinski definition) is 4. The van der Waals surface area contributed by atoms with Gasteiger partial charge in [0.1, 0.15) is 11.9 Å².